The second-order valence-corrected chi connectivity index (χ2v) is 9.51. The fraction of sp³-hybridized carbons (Fsp3) is 0.185. The van der Waals surface area contributed by atoms with Gasteiger partial charge in [0.1, 0.15) is 11.4 Å². The maximum absolute atomic E-state index is 13.4. The van der Waals surface area contributed by atoms with Gasteiger partial charge in [-0.1, -0.05) is 36.4 Å². The van der Waals surface area contributed by atoms with E-state index in [0.717, 1.165) is 28.1 Å². The van der Waals surface area contributed by atoms with Crippen molar-refractivity contribution in [3.63, 3.8) is 0 Å². The molecule has 5 rings (SSSR count). The third kappa shape index (κ3) is 4.17. The maximum atomic E-state index is 13.4. The van der Waals surface area contributed by atoms with Crippen molar-refractivity contribution in [1.29, 1.82) is 0 Å². The van der Waals surface area contributed by atoms with Crippen molar-refractivity contribution in [2.45, 2.75) is 34.2 Å². The van der Waals surface area contributed by atoms with E-state index in [1.54, 1.807) is 4.68 Å². The van der Waals surface area contributed by atoms with Crippen LogP contribution in [0.4, 0.5) is 5.69 Å². The van der Waals surface area contributed by atoms with Gasteiger partial charge in [0.15, 0.2) is 0 Å². The van der Waals surface area contributed by atoms with E-state index in [2.05, 4.69) is 41.4 Å². The van der Waals surface area contributed by atoms with Crippen molar-refractivity contribution in [3.05, 3.63) is 93.1 Å². The Bertz CT molecular complexity index is 1630. The number of anilines is 1. The highest BCUT2D eigenvalue weighted by Crippen LogP contribution is 2.31. The summed E-state index contributed by atoms with van der Waals surface area (Å²) in [5.74, 6) is -0.310. The smallest absolute Gasteiger partial charge is 0.263 e. The monoisotopic (exact) mass is 483 g/mol. The Morgan fingerprint density at radius 2 is 1.80 bits per heavy atom. The minimum Gasteiger partial charge on any atom is -0.321 e. The van der Waals surface area contributed by atoms with Crippen LogP contribution in [0.1, 0.15) is 22.5 Å². The van der Waals surface area contributed by atoms with Crippen molar-refractivity contribution in [2.24, 2.45) is 0 Å². The highest BCUT2D eigenvalue weighted by molar-refractivity contribution is 7.17. The van der Waals surface area contributed by atoms with Crippen LogP contribution in [-0.2, 0) is 11.3 Å². The first kappa shape index (κ1) is 22.7. The zero-order chi connectivity index (χ0) is 24.7. The second-order valence-electron chi connectivity index (χ2n) is 8.65. The Hall–Kier alpha value is -4.04. The molecule has 1 N–H and O–H groups in total. The number of para-hydroxylation sites is 1. The van der Waals surface area contributed by atoms with Crippen LogP contribution in [0.2, 0.25) is 0 Å². The number of nitrogens with zero attached hydrogens (tertiary/aromatic N) is 4. The summed E-state index contributed by atoms with van der Waals surface area (Å²) in [4.78, 5) is 31.5. The van der Waals surface area contributed by atoms with E-state index in [9.17, 15) is 9.59 Å². The van der Waals surface area contributed by atoms with Crippen molar-refractivity contribution in [3.8, 4) is 16.8 Å². The average Bonchev–Trinajstić information content (AvgIpc) is 3.40. The van der Waals surface area contributed by atoms with Gasteiger partial charge < -0.3 is 5.32 Å². The molecule has 0 fully saturated rings. The standard InChI is InChI=1S/C27H25N5O2S/c1-16-10-11-20(12-17(16)2)22-14-35-26-24(22)27(34)31(15-28-26)13-23(33)29-25-18(3)30-32(19(25)4)21-8-6-5-7-9-21/h5-12,14-15H,13H2,1-4H3,(H,29,33). The quantitative estimate of drug-likeness (QED) is 0.373. The van der Waals surface area contributed by atoms with Gasteiger partial charge in [-0.3, -0.25) is 14.2 Å². The predicted molar refractivity (Wildman–Crippen MR) is 140 cm³/mol. The summed E-state index contributed by atoms with van der Waals surface area (Å²) in [6.45, 7) is 7.73. The van der Waals surface area contributed by atoms with Crippen LogP contribution in [0, 0.1) is 27.7 Å². The maximum Gasteiger partial charge on any atom is 0.263 e. The number of amides is 1. The van der Waals surface area contributed by atoms with Crippen LogP contribution in [-0.4, -0.2) is 25.2 Å². The zero-order valence-electron chi connectivity index (χ0n) is 20.0. The molecule has 5 aromatic rings. The number of aromatic nitrogens is 4. The molecule has 0 saturated carbocycles. The fourth-order valence-corrected chi connectivity index (χ4v) is 5.09. The molecule has 0 bridgehead atoms. The molecule has 3 heterocycles. The van der Waals surface area contributed by atoms with Crippen molar-refractivity contribution < 1.29 is 4.79 Å². The third-order valence-corrected chi connectivity index (χ3v) is 7.14. The normalized spacial score (nSPS) is 11.2. The molecule has 0 aliphatic rings. The van der Waals surface area contributed by atoms with E-state index >= 15 is 0 Å². The lowest BCUT2D eigenvalue weighted by molar-refractivity contribution is -0.116. The number of hydrogen-bond acceptors (Lipinski definition) is 5. The van der Waals surface area contributed by atoms with Gasteiger partial charge in [0, 0.05) is 10.9 Å². The molecule has 8 heteroatoms. The van der Waals surface area contributed by atoms with E-state index < -0.39 is 0 Å². The van der Waals surface area contributed by atoms with Crippen LogP contribution in [0.15, 0.2) is 65.0 Å². The molecule has 0 spiro atoms. The number of carbonyl (C=O) groups is 1. The first-order valence-electron chi connectivity index (χ1n) is 11.3. The molecule has 0 aliphatic heterocycles. The number of fused-ring (bicyclic) bond motifs is 1. The van der Waals surface area contributed by atoms with Gasteiger partial charge in [-0.15, -0.1) is 11.3 Å². The molecular weight excluding hydrogens is 458 g/mol. The Morgan fingerprint density at radius 1 is 1.03 bits per heavy atom. The van der Waals surface area contributed by atoms with E-state index in [1.165, 1.54) is 27.8 Å². The molecule has 2 aromatic carbocycles. The molecule has 0 atom stereocenters. The number of nitrogens with one attached hydrogen (secondary N) is 1. The highest BCUT2D eigenvalue weighted by atomic mass is 32.1. The van der Waals surface area contributed by atoms with Gasteiger partial charge in [-0.25, -0.2) is 9.67 Å². The van der Waals surface area contributed by atoms with E-state index in [0.29, 0.717) is 21.6 Å². The number of carbonyl (C=O) groups excluding carboxylic acids is 1. The summed E-state index contributed by atoms with van der Waals surface area (Å²) < 4.78 is 3.16. The van der Waals surface area contributed by atoms with Gasteiger partial charge in [0.05, 0.1) is 34.5 Å². The van der Waals surface area contributed by atoms with Gasteiger partial charge >= 0.3 is 0 Å². The molecule has 0 aliphatic carbocycles. The molecular formula is C27H25N5O2S. The summed E-state index contributed by atoms with van der Waals surface area (Å²) >= 11 is 1.43. The lowest BCUT2D eigenvalue weighted by atomic mass is 10.0. The van der Waals surface area contributed by atoms with E-state index in [1.807, 2.05) is 55.6 Å². The summed E-state index contributed by atoms with van der Waals surface area (Å²) in [6, 6.07) is 15.9. The Balaban J connectivity index is 1.44. The molecule has 0 saturated heterocycles. The number of rotatable bonds is 5. The van der Waals surface area contributed by atoms with Gasteiger partial charge in [0.2, 0.25) is 5.91 Å². The van der Waals surface area contributed by atoms with Crippen LogP contribution in [0.25, 0.3) is 27.0 Å². The van der Waals surface area contributed by atoms with Crippen LogP contribution in [0.3, 0.4) is 0 Å². The minimum atomic E-state index is -0.310. The number of hydrogen-bond donors (Lipinski definition) is 1. The Morgan fingerprint density at radius 3 is 2.54 bits per heavy atom. The molecule has 176 valence electrons. The summed E-state index contributed by atoms with van der Waals surface area (Å²) in [5, 5.41) is 10.0. The van der Waals surface area contributed by atoms with Crippen molar-refractivity contribution in [2.75, 3.05) is 5.32 Å². The lowest BCUT2D eigenvalue weighted by Crippen LogP contribution is -2.28. The van der Waals surface area contributed by atoms with Crippen LogP contribution >= 0.6 is 11.3 Å². The molecule has 3 aromatic heterocycles. The summed E-state index contributed by atoms with van der Waals surface area (Å²) in [7, 11) is 0. The predicted octanol–water partition coefficient (Wildman–Crippen LogP) is 5.18. The second kappa shape index (κ2) is 8.96. The number of benzene rings is 2. The van der Waals surface area contributed by atoms with Crippen molar-refractivity contribution in [1.82, 2.24) is 19.3 Å². The molecule has 1 amide bonds. The highest BCUT2D eigenvalue weighted by Gasteiger charge is 2.18. The Labute approximate surface area is 206 Å². The first-order valence-corrected chi connectivity index (χ1v) is 12.2. The largest absolute Gasteiger partial charge is 0.321 e. The topological polar surface area (TPSA) is 81.8 Å². The third-order valence-electron chi connectivity index (χ3n) is 6.25. The van der Waals surface area contributed by atoms with Gasteiger partial charge in [0.25, 0.3) is 5.56 Å². The average molecular weight is 484 g/mol. The van der Waals surface area contributed by atoms with Crippen molar-refractivity contribution >= 4 is 33.1 Å². The number of aryl methyl sites for hydroxylation is 3. The van der Waals surface area contributed by atoms with Gasteiger partial charge in [-0.2, -0.15) is 5.10 Å². The lowest BCUT2D eigenvalue weighted by Gasteiger charge is -2.09. The first-order chi connectivity index (χ1) is 16.8. The van der Waals surface area contributed by atoms with Crippen LogP contribution in [0.5, 0.6) is 0 Å². The molecule has 0 radical (unpaired) electrons. The summed E-state index contributed by atoms with van der Waals surface area (Å²) in [5.41, 5.74) is 7.02. The molecule has 0 unspecified atom stereocenters. The minimum absolute atomic E-state index is 0.140. The Kier molecular flexibility index (Phi) is 5.82. The summed E-state index contributed by atoms with van der Waals surface area (Å²) in [6.07, 6.45) is 1.44. The van der Waals surface area contributed by atoms with Crippen LogP contribution < -0.4 is 10.9 Å². The molecule has 35 heavy (non-hydrogen) atoms. The van der Waals surface area contributed by atoms with E-state index in [-0.39, 0.29) is 18.0 Å². The fourth-order valence-electron chi connectivity index (χ4n) is 4.18. The van der Waals surface area contributed by atoms with Gasteiger partial charge in [-0.05, 0) is 56.5 Å². The zero-order valence-corrected chi connectivity index (χ0v) is 20.8. The molecule has 7 nitrogen and oxygen atoms in total. The number of thiophene rings is 1. The van der Waals surface area contributed by atoms with E-state index in [4.69, 9.17) is 0 Å². The SMILES string of the molecule is Cc1ccc(-c2csc3ncn(CC(=O)Nc4c(C)nn(-c5ccccc5)c4C)c(=O)c23)cc1C.